The lowest BCUT2D eigenvalue weighted by molar-refractivity contribution is 0.102. The van der Waals surface area contributed by atoms with E-state index in [1.165, 1.54) is 16.3 Å². The van der Waals surface area contributed by atoms with Gasteiger partial charge in [-0.25, -0.2) is 4.98 Å². The monoisotopic (exact) mass is 468 g/mol. The number of aromatic nitrogens is 2. The number of aryl methyl sites for hydroxylation is 2. The van der Waals surface area contributed by atoms with Gasteiger partial charge in [-0.15, -0.1) is 0 Å². The second-order valence-corrected chi connectivity index (χ2v) is 9.02. The van der Waals surface area contributed by atoms with E-state index < -0.39 is 0 Å². The maximum atomic E-state index is 13.3. The number of benzene rings is 3. The molecule has 0 aliphatic heterocycles. The third-order valence-corrected chi connectivity index (χ3v) is 6.34. The lowest BCUT2D eigenvalue weighted by Gasteiger charge is -2.14. The first kappa shape index (κ1) is 21.6. The molecule has 4 nitrogen and oxygen atoms in total. The number of hydrogen-bond donors (Lipinski definition) is 0. The molecule has 156 valence electrons. The first-order chi connectivity index (χ1) is 14.8. The van der Waals surface area contributed by atoms with Crippen molar-refractivity contribution in [2.24, 2.45) is 0 Å². The van der Waals surface area contributed by atoms with Crippen molar-refractivity contribution in [1.82, 2.24) is 9.55 Å². The molecule has 1 heterocycles. The van der Waals surface area contributed by atoms with Crippen LogP contribution in [-0.2, 0) is 0 Å². The smallest absolute Gasteiger partial charge is 0.266 e. The van der Waals surface area contributed by atoms with Crippen LogP contribution in [0.5, 0.6) is 0 Å². The van der Waals surface area contributed by atoms with Gasteiger partial charge in [-0.05, 0) is 67.9 Å². The Hall–Kier alpha value is -2.60. The van der Waals surface area contributed by atoms with Crippen LogP contribution in [0.3, 0.4) is 0 Å². The molecule has 0 amide bonds. The minimum atomic E-state index is -0.231. The third-order valence-electron chi connectivity index (χ3n) is 4.91. The summed E-state index contributed by atoms with van der Waals surface area (Å²) in [6.07, 6.45) is 0. The molecule has 7 heteroatoms. The fourth-order valence-electron chi connectivity index (χ4n) is 3.30. The molecule has 0 atom stereocenters. The Balaban J connectivity index is 1.79. The topological polar surface area (TPSA) is 52.0 Å². The molecule has 0 radical (unpaired) electrons. The van der Waals surface area contributed by atoms with Crippen molar-refractivity contribution in [3.8, 4) is 5.69 Å². The Morgan fingerprint density at radius 1 is 0.968 bits per heavy atom. The lowest BCUT2D eigenvalue weighted by atomic mass is 10.0. The highest BCUT2D eigenvalue weighted by Crippen LogP contribution is 2.25. The first-order valence-electron chi connectivity index (χ1n) is 9.55. The van der Waals surface area contributed by atoms with Crippen LogP contribution >= 0.6 is 35.0 Å². The number of nitrogens with zero attached hydrogens (tertiary/aromatic N) is 2. The van der Waals surface area contributed by atoms with Gasteiger partial charge in [-0.1, -0.05) is 52.7 Å². The molecule has 0 spiro atoms. The first-order valence-corrected chi connectivity index (χ1v) is 11.3. The molecule has 1 aromatic heterocycles. The maximum Gasteiger partial charge on any atom is 0.266 e. The summed E-state index contributed by atoms with van der Waals surface area (Å²) in [5, 5.41) is 1.92. The number of fused-ring (bicyclic) bond motifs is 1. The van der Waals surface area contributed by atoms with E-state index in [2.05, 4.69) is 4.98 Å². The van der Waals surface area contributed by atoms with Crippen LogP contribution in [0, 0.1) is 13.8 Å². The SMILES string of the molecule is Cc1ccc(C)c(C(=O)CSc2nc3cc(Cl)ccc3c(=O)n2-c2ccc(Cl)cc2)c1. The molecule has 0 bridgehead atoms. The second kappa shape index (κ2) is 8.87. The molecule has 0 fully saturated rings. The summed E-state index contributed by atoms with van der Waals surface area (Å²) in [4.78, 5) is 30.9. The van der Waals surface area contributed by atoms with Crippen LogP contribution in [-0.4, -0.2) is 21.1 Å². The van der Waals surface area contributed by atoms with Crippen molar-refractivity contribution in [3.05, 3.63) is 97.8 Å². The Bertz CT molecular complexity index is 1360. The standard InChI is InChI=1S/C24H18Cl2N2O2S/c1-14-3-4-15(2)20(11-14)22(29)13-31-24-27-21-12-17(26)7-10-19(21)23(30)28(24)18-8-5-16(25)6-9-18/h3-12H,13H2,1-2H3. The van der Waals surface area contributed by atoms with Crippen LogP contribution in [0.15, 0.2) is 70.6 Å². The number of Topliss-reactive ketones (excluding diaryl/α,β-unsaturated/α-hetero) is 1. The van der Waals surface area contributed by atoms with Crippen LogP contribution in [0.2, 0.25) is 10.0 Å². The summed E-state index contributed by atoms with van der Waals surface area (Å²) >= 11 is 13.4. The van der Waals surface area contributed by atoms with E-state index in [1.807, 2.05) is 32.0 Å². The molecule has 31 heavy (non-hydrogen) atoms. The minimum Gasteiger partial charge on any atom is -0.293 e. The summed E-state index contributed by atoms with van der Waals surface area (Å²) in [6.45, 7) is 3.87. The molecule has 0 aliphatic carbocycles. The molecule has 0 N–H and O–H groups in total. The quantitative estimate of drug-likeness (QED) is 0.196. The van der Waals surface area contributed by atoms with Crippen LogP contribution in [0.1, 0.15) is 21.5 Å². The van der Waals surface area contributed by atoms with Crippen LogP contribution in [0.25, 0.3) is 16.6 Å². The normalized spacial score (nSPS) is 11.1. The van der Waals surface area contributed by atoms with E-state index >= 15 is 0 Å². The maximum absolute atomic E-state index is 13.3. The van der Waals surface area contributed by atoms with Crippen molar-refractivity contribution in [3.63, 3.8) is 0 Å². The zero-order valence-corrected chi connectivity index (χ0v) is 19.2. The summed E-state index contributed by atoms with van der Waals surface area (Å²) in [5.41, 5.74) is 3.51. The Labute approximate surface area is 193 Å². The summed E-state index contributed by atoms with van der Waals surface area (Å²) in [7, 11) is 0. The van der Waals surface area contributed by atoms with Gasteiger partial charge in [-0.2, -0.15) is 0 Å². The van der Waals surface area contributed by atoms with E-state index in [0.29, 0.717) is 37.4 Å². The molecule has 4 aromatic rings. The highest BCUT2D eigenvalue weighted by atomic mass is 35.5. The highest BCUT2D eigenvalue weighted by molar-refractivity contribution is 7.99. The molecule has 3 aromatic carbocycles. The van der Waals surface area contributed by atoms with Gasteiger partial charge >= 0.3 is 0 Å². The van der Waals surface area contributed by atoms with Crippen molar-refractivity contribution in [2.75, 3.05) is 5.75 Å². The van der Waals surface area contributed by atoms with Gasteiger partial charge in [-0.3, -0.25) is 14.2 Å². The number of rotatable bonds is 5. The minimum absolute atomic E-state index is 0.0192. The van der Waals surface area contributed by atoms with E-state index in [9.17, 15) is 9.59 Å². The van der Waals surface area contributed by atoms with E-state index in [1.54, 1.807) is 42.5 Å². The van der Waals surface area contributed by atoms with Crippen LogP contribution < -0.4 is 5.56 Å². The molecular formula is C24H18Cl2N2O2S. The molecule has 4 rings (SSSR count). The van der Waals surface area contributed by atoms with Gasteiger partial charge in [0.25, 0.3) is 5.56 Å². The van der Waals surface area contributed by atoms with Crippen molar-refractivity contribution < 1.29 is 4.79 Å². The fourth-order valence-corrected chi connectivity index (χ4v) is 4.49. The van der Waals surface area contributed by atoms with Gasteiger partial charge in [0.05, 0.1) is 22.3 Å². The van der Waals surface area contributed by atoms with Gasteiger partial charge in [0.15, 0.2) is 10.9 Å². The van der Waals surface area contributed by atoms with E-state index in [0.717, 1.165) is 11.1 Å². The number of ketones is 1. The zero-order valence-electron chi connectivity index (χ0n) is 16.9. The lowest BCUT2D eigenvalue weighted by Crippen LogP contribution is -2.22. The molecule has 0 aliphatic rings. The summed E-state index contributed by atoms with van der Waals surface area (Å²) in [5.74, 6) is 0.130. The molecule has 0 saturated carbocycles. The molecule has 0 unspecified atom stereocenters. The Morgan fingerprint density at radius 3 is 2.42 bits per heavy atom. The number of carbonyl (C=O) groups is 1. The largest absolute Gasteiger partial charge is 0.293 e. The predicted octanol–water partition coefficient (Wildman–Crippen LogP) is 6.28. The number of hydrogen-bond acceptors (Lipinski definition) is 4. The third kappa shape index (κ3) is 4.54. The average molecular weight is 469 g/mol. The highest BCUT2D eigenvalue weighted by Gasteiger charge is 2.17. The summed E-state index contributed by atoms with van der Waals surface area (Å²) < 4.78 is 1.51. The van der Waals surface area contributed by atoms with Crippen molar-refractivity contribution in [2.45, 2.75) is 19.0 Å². The summed E-state index contributed by atoms with van der Waals surface area (Å²) in [6, 6.07) is 17.7. The Morgan fingerprint density at radius 2 is 1.68 bits per heavy atom. The van der Waals surface area contributed by atoms with Gasteiger partial charge in [0.1, 0.15) is 0 Å². The second-order valence-electron chi connectivity index (χ2n) is 7.20. The predicted molar refractivity (Wildman–Crippen MR) is 128 cm³/mol. The average Bonchev–Trinajstić information content (AvgIpc) is 2.74. The Kier molecular flexibility index (Phi) is 6.19. The fraction of sp³-hybridized carbons (Fsp3) is 0.125. The molecular weight excluding hydrogens is 451 g/mol. The van der Waals surface area contributed by atoms with Crippen LogP contribution in [0.4, 0.5) is 0 Å². The van der Waals surface area contributed by atoms with Crippen molar-refractivity contribution in [1.29, 1.82) is 0 Å². The van der Waals surface area contributed by atoms with E-state index in [4.69, 9.17) is 23.2 Å². The van der Waals surface area contributed by atoms with E-state index in [-0.39, 0.29) is 17.1 Å². The molecule has 0 saturated heterocycles. The zero-order chi connectivity index (χ0) is 22.1. The van der Waals surface area contributed by atoms with Gasteiger partial charge in [0.2, 0.25) is 0 Å². The van der Waals surface area contributed by atoms with Gasteiger partial charge in [0, 0.05) is 15.6 Å². The van der Waals surface area contributed by atoms with Gasteiger partial charge < -0.3 is 0 Å². The number of thioether (sulfide) groups is 1. The van der Waals surface area contributed by atoms with Crippen molar-refractivity contribution >= 4 is 51.6 Å². The number of halogens is 2. The number of carbonyl (C=O) groups excluding carboxylic acids is 1.